The van der Waals surface area contributed by atoms with Gasteiger partial charge in [-0.2, -0.15) is 0 Å². The lowest BCUT2D eigenvalue weighted by molar-refractivity contribution is -0.135. The molecular formula is C23H28N2O3. The first kappa shape index (κ1) is 19.9. The molecule has 2 aromatic carbocycles. The van der Waals surface area contributed by atoms with Crippen molar-refractivity contribution < 1.29 is 14.3 Å². The van der Waals surface area contributed by atoms with Crippen molar-refractivity contribution in [2.75, 3.05) is 6.54 Å². The van der Waals surface area contributed by atoms with Crippen molar-refractivity contribution in [3.63, 3.8) is 0 Å². The topological polar surface area (TPSA) is 58.6 Å². The number of benzene rings is 2. The highest BCUT2D eigenvalue weighted by Gasteiger charge is 2.36. The van der Waals surface area contributed by atoms with E-state index in [1.54, 1.807) is 0 Å². The van der Waals surface area contributed by atoms with E-state index < -0.39 is 11.7 Å². The van der Waals surface area contributed by atoms with Crippen LogP contribution in [0.5, 0.6) is 0 Å². The number of alkyl carbamates (subject to hydrolysis) is 1. The van der Waals surface area contributed by atoms with Crippen LogP contribution in [0.15, 0.2) is 60.7 Å². The SMILES string of the molecule is CC(C)(C)OC(=O)N[C@H]1CN(Cc2ccccc2)C(=O)CC1c1ccccc1. The molecule has 0 aliphatic carbocycles. The van der Waals surface area contributed by atoms with Crippen LogP contribution in [0.4, 0.5) is 4.79 Å². The molecule has 1 N–H and O–H groups in total. The largest absolute Gasteiger partial charge is 0.444 e. The molecular weight excluding hydrogens is 352 g/mol. The standard InChI is InChI=1S/C23H28N2O3/c1-23(2,3)28-22(27)24-20-16-25(15-17-10-6-4-7-11-17)21(26)14-19(20)18-12-8-5-9-13-18/h4-13,19-20H,14-16H2,1-3H3,(H,24,27)/t19?,20-/m0/s1. The molecule has 2 aromatic rings. The molecule has 5 heteroatoms. The van der Waals surface area contributed by atoms with Crippen molar-refractivity contribution in [3.8, 4) is 0 Å². The average molecular weight is 380 g/mol. The molecule has 2 amide bonds. The third kappa shape index (κ3) is 5.35. The molecule has 2 atom stereocenters. The summed E-state index contributed by atoms with van der Waals surface area (Å²) in [5.41, 5.74) is 1.56. The molecule has 0 spiro atoms. The smallest absolute Gasteiger partial charge is 0.407 e. The molecule has 5 nitrogen and oxygen atoms in total. The Morgan fingerprint density at radius 1 is 1.07 bits per heavy atom. The van der Waals surface area contributed by atoms with Crippen molar-refractivity contribution in [1.29, 1.82) is 0 Å². The molecule has 0 saturated carbocycles. The fourth-order valence-electron chi connectivity index (χ4n) is 3.54. The zero-order chi connectivity index (χ0) is 20.1. The van der Waals surface area contributed by atoms with Crippen LogP contribution in [-0.4, -0.2) is 35.1 Å². The highest BCUT2D eigenvalue weighted by Crippen LogP contribution is 2.30. The van der Waals surface area contributed by atoms with Gasteiger partial charge in [0.15, 0.2) is 0 Å². The Bertz CT molecular complexity index is 800. The van der Waals surface area contributed by atoms with Crippen molar-refractivity contribution in [2.45, 2.75) is 51.3 Å². The van der Waals surface area contributed by atoms with Crippen LogP contribution in [0.3, 0.4) is 0 Å². The molecule has 1 fully saturated rings. The number of likely N-dealkylation sites (tertiary alicyclic amines) is 1. The number of rotatable bonds is 4. The summed E-state index contributed by atoms with van der Waals surface area (Å²) in [7, 11) is 0. The van der Waals surface area contributed by atoms with E-state index in [0.29, 0.717) is 19.5 Å². The predicted octanol–water partition coefficient (Wildman–Crippen LogP) is 4.10. The molecule has 148 valence electrons. The molecule has 1 unspecified atom stereocenters. The van der Waals surface area contributed by atoms with Gasteiger partial charge in [0.25, 0.3) is 0 Å². The zero-order valence-electron chi connectivity index (χ0n) is 16.7. The van der Waals surface area contributed by atoms with Gasteiger partial charge in [0.05, 0.1) is 6.04 Å². The molecule has 0 aromatic heterocycles. The van der Waals surface area contributed by atoms with Gasteiger partial charge in [-0.25, -0.2) is 4.79 Å². The first-order valence-corrected chi connectivity index (χ1v) is 9.68. The highest BCUT2D eigenvalue weighted by atomic mass is 16.6. The summed E-state index contributed by atoms with van der Waals surface area (Å²) in [6.45, 7) is 6.51. The maximum absolute atomic E-state index is 12.8. The number of ether oxygens (including phenoxy) is 1. The summed E-state index contributed by atoms with van der Waals surface area (Å²) >= 11 is 0. The van der Waals surface area contributed by atoms with Crippen LogP contribution in [0.1, 0.15) is 44.2 Å². The Morgan fingerprint density at radius 2 is 1.68 bits per heavy atom. The van der Waals surface area contributed by atoms with Gasteiger partial charge in [0, 0.05) is 25.4 Å². The van der Waals surface area contributed by atoms with Crippen molar-refractivity contribution >= 4 is 12.0 Å². The lowest BCUT2D eigenvalue weighted by Crippen LogP contribution is -2.54. The number of nitrogens with one attached hydrogen (secondary N) is 1. The van der Waals surface area contributed by atoms with Gasteiger partial charge in [0.2, 0.25) is 5.91 Å². The number of hydrogen-bond acceptors (Lipinski definition) is 3. The minimum Gasteiger partial charge on any atom is -0.444 e. The van der Waals surface area contributed by atoms with Crippen LogP contribution >= 0.6 is 0 Å². The summed E-state index contributed by atoms with van der Waals surface area (Å²) in [4.78, 5) is 27.1. The second kappa shape index (κ2) is 8.46. The number of piperidine rings is 1. The Morgan fingerprint density at radius 3 is 2.29 bits per heavy atom. The molecule has 1 aliphatic heterocycles. The third-order valence-electron chi connectivity index (χ3n) is 4.80. The predicted molar refractivity (Wildman–Crippen MR) is 109 cm³/mol. The van der Waals surface area contributed by atoms with E-state index in [1.165, 1.54) is 0 Å². The molecule has 28 heavy (non-hydrogen) atoms. The van der Waals surface area contributed by atoms with E-state index in [1.807, 2.05) is 86.3 Å². The maximum Gasteiger partial charge on any atom is 0.407 e. The number of carbonyl (C=O) groups excluding carboxylic acids is 2. The Labute approximate surface area is 166 Å². The van der Waals surface area contributed by atoms with Gasteiger partial charge in [-0.15, -0.1) is 0 Å². The van der Waals surface area contributed by atoms with Crippen LogP contribution in [0, 0.1) is 0 Å². The van der Waals surface area contributed by atoms with Crippen LogP contribution < -0.4 is 5.32 Å². The fraction of sp³-hybridized carbons (Fsp3) is 0.391. The van der Waals surface area contributed by atoms with Crippen molar-refractivity contribution in [1.82, 2.24) is 10.2 Å². The maximum atomic E-state index is 12.8. The number of nitrogens with zero attached hydrogens (tertiary/aromatic N) is 1. The monoisotopic (exact) mass is 380 g/mol. The van der Waals surface area contributed by atoms with Gasteiger partial charge < -0.3 is 15.0 Å². The summed E-state index contributed by atoms with van der Waals surface area (Å²) in [5.74, 6) is 0.0215. The van der Waals surface area contributed by atoms with E-state index in [9.17, 15) is 9.59 Å². The number of hydrogen-bond donors (Lipinski definition) is 1. The Kier molecular flexibility index (Phi) is 6.02. The van der Waals surface area contributed by atoms with Gasteiger partial charge in [0.1, 0.15) is 5.60 Å². The van der Waals surface area contributed by atoms with Gasteiger partial charge in [-0.1, -0.05) is 60.7 Å². The second-order valence-corrected chi connectivity index (χ2v) is 8.23. The summed E-state index contributed by atoms with van der Waals surface area (Å²) < 4.78 is 5.45. The van der Waals surface area contributed by atoms with E-state index in [0.717, 1.165) is 11.1 Å². The second-order valence-electron chi connectivity index (χ2n) is 8.23. The molecule has 1 aliphatic rings. The zero-order valence-corrected chi connectivity index (χ0v) is 16.7. The Balaban J connectivity index is 1.79. The quantitative estimate of drug-likeness (QED) is 0.869. The lowest BCUT2D eigenvalue weighted by Gasteiger charge is -2.39. The van der Waals surface area contributed by atoms with Crippen molar-refractivity contribution in [2.24, 2.45) is 0 Å². The summed E-state index contributed by atoms with van der Waals surface area (Å²) in [5, 5.41) is 3.01. The average Bonchev–Trinajstić information content (AvgIpc) is 2.64. The van der Waals surface area contributed by atoms with E-state index in [4.69, 9.17) is 4.74 Å². The minimum absolute atomic E-state index is 0.0757. The molecule has 1 saturated heterocycles. The lowest BCUT2D eigenvalue weighted by atomic mass is 9.84. The normalized spacial score (nSPS) is 20.0. The molecule has 0 bridgehead atoms. The minimum atomic E-state index is -0.569. The molecule has 0 radical (unpaired) electrons. The highest BCUT2D eigenvalue weighted by molar-refractivity contribution is 5.79. The first-order chi connectivity index (χ1) is 13.3. The van der Waals surface area contributed by atoms with E-state index in [2.05, 4.69) is 5.32 Å². The summed E-state index contributed by atoms with van der Waals surface area (Å²) in [6, 6.07) is 19.6. The van der Waals surface area contributed by atoms with Crippen LogP contribution in [-0.2, 0) is 16.1 Å². The van der Waals surface area contributed by atoms with Gasteiger partial charge in [-0.3, -0.25) is 4.79 Å². The number of carbonyl (C=O) groups is 2. The van der Waals surface area contributed by atoms with Crippen LogP contribution in [0.25, 0.3) is 0 Å². The van der Waals surface area contributed by atoms with Crippen molar-refractivity contribution in [3.05, 3.63) is 71.8 Å². The molecule has 1 heterocycles. The van der Waals surface area contributed by atoms with E-state index >= 15 is 0 Å². The fourth-order valence-corrected chi connectivity index (χ4v) is 3.54. The van der Waals surface area contributed by atoms with Gasteiger partial charge >= 0.3 is 6.09 Å². The van der Waals surface area contributed by atoms with Gasteiger partial charge in [-0.05, 0) is 31.9 Å². The Hall–Kier alpha value is -2.82. The number of amides is 2. The third-order valence-corrected chi connectivity index (χ3v) is 4.80. The van der Waals surface area contributed by atoms with Crippen LogP contribution in [0.2, 0.25) is 0 Å². The summed E-state index contributed by atoms with van der Waals surface area (Å²) in [6.07, 6.45) is -0.0930. The first-order valence-electron chi connectivity index (χ1n) is 9.68. The molecule has 3 rings (SSSR count). The van der Waals surface area contributed by atoms with E-state index in [-0.39, 0.29) is 17.9 Å².